The maximum atomic E-state index is 6.49. The Labute approximate surface area is 132 Å². The normalized spacial score (nSPS) is 23.9. The van der Waals surface area contributed by atoms with Crippen LogP contribution in [0.2, 0.25) is 5.02 Å². The number of hydrogen-bond donors (Lipinski definition) is 0. The van der Waals surface area contributed by atoms with Crippen molar-refractivity contribution in [3.63, 3.8) is 0 Å². The quantitative estimate of drug-likeness (QED) is 0.783. The highest BCUT2D eigenvalue weighted by Crippen LogP contribution is 2.37. The molecule has 114 valence electrons. The third-order valence-electron chi connectivity index (χ3n) is 4.96. The van der Waals surface area contributed by atoms with E-state index in [1.807, 2.05) is 12.1 Å². The van der Waals surface area contributed by atoms with Gasteiger partial charge in [0.25, 0.3) is 0 Å². The SMILES string of the molecule is CC1(C)OB(c2ccc(N3CCCC3)cc2Cl)OC1(C)C. The smallest absolute Gasteiger partial charge is 0.399 e. The molecule has 0 aromatic heterocycles. The first kappa shape index (κ1) is 15.2. The largest absolute Gasteiger partial charge is 0.496 e. The summed E-state index contributed by atoms with van der Waals surface area (Å²) in [5.74, 6) is 0. The van der Waals surface area contributed by atoms with Gasteiger partial charge in [0.2, 0.25) is 0 Å². The molecule has 0 saturated carbocycles. The molecule has 0 unspecified atom stereocenters. The lowest BCUT2D eigenvalue weighted by atomic mass is 9.79. The van der Waals surface area contributed by atoms with Crippen molar-refractivity contribution >= 4 is 29.9 Å². The first-order valence-corrected chi connectivity index (χ1v) is 8.08. The van der Waals surface area contributed by atoms with Crippen LogP contribution in [0, 0.1) is 0 Å². The van der Waals surface area contributed by atoms with Gasteiger partial charge in [0.15, 0.2) is 0 Å². The van der Waals surface area contributed by atoms with Crippen LogP contribution in [0.15, 0.2) is 18.2 Å². The molecule has 2 aliphatic heterocycles. The zero-order chi connectivity index (χ0) is 15.3. The van der Waals surface area contributed by atoms with Gasteiger partial charge in [-0.2, -0.15) is 0 Å². The van der Waals surface area contributed by atoms with Crippen LogP contribution in [0.5, 0.6) is 0 Å². The van der Waals surface area contributed by atoms with Gasteiger partial charge in [-0.25, -0.2) is 0 Å². The topological polar surface area (TPSA) is 21.7 Å². The summed E-state index contributed by atoms with van der Waals surface area (Å²) in [7, 11) is -0.393. The van der Waals surface area contributed by atoms with Gasteiger partial charge < -0.3 is 14.2 Å². The Hall–Kier alpha value is -0.705. The Morgan fingerprint density at radius 2 is 1.62 bits per heavy atom. The number of rotatable bonds is 2. The minimum absolute atomic E-state index is 0.339. The molecule has 0 amide bonds. The molecule has 0 atom stereocenters. The molecule has 2 saturated heterocycles. The van der Waals surface area contributed by atoms with Crippen molar-refractivity contribution in [3.8, 4) is 0 Å². The zero-order valence-corrected chi connectivity index (χ0v) is 14.0. The first-order valence-electron chi connectivity index (χ1n) is 7.70. The van der Waals surface area contributed by atoms with Crippen molar-refractivity contribution in [2.24, 2.45) is 0 Å². The van der Waals surface area contributed by atoms with E-state index < -0.39 is 7.12 Å². The molecule has 2 fully saturated rings. The highest BCUT2D eigenvalue weighted by Gasteiger charge is 2.52. The average Bonchev–Trinajstić information content (AvgIpc) is 2.96. The van der Waals surface area contributed by atoms with Crippen LogP contribution >= 0.6 is 11.6 Å². The standard InChI is InChI=1S/C16H23BClNO2/c1-15(2)16(3,4)21-17(20-15)13-8-7-12(11-14(13)18)19-9-5-6-10-19/h7-8,11H,5-6,9-10H2,1-4H3. The van der Waals surface area contributed by atoms with Gasteiger partial charge >= 0.3 is 7.12 Å². The molecule has 3 nitrogen and oxygen atoms in total. The third kappa shape index (κ3) is 2.69. The van der Waals surface area contributed by atoms with Gasteiger partial charge in [-0.05, 0) is 52.7 Å². The summed E-state index contributed by atoms with van der Waals surface area (Å²) in [6.45, 7) is 10.5. The monoisotopic (exact) mass is 307 g/mol. The van der Waals surface area contributed by atoms with E-state index >= 15 is 0 Å². The van der Waals surface area contributed by atoms with E-state index in [4.69, 9.17) is 20.9 Å². The molecular weight excluding hydrogens is 284 g/mol. The second kappa shape index (κ2) is 5.18. The summed E-state index contributed by atoms with van der Waals surface area (Å²) < 4.78 is 12.2. The molecule has 1 aromatic rings. The average molecular weight is 308 g/mol. The van der Waals surface area contributed by atoms with E-state index in [2.05, 4.69) is 38.7 Å². The molecule has 0 N–H and O–H groups in total. The van der Waals surface area contributed by atoms with Crippen LogP contribution in [-0.4, -0.2) is 31.4 Å². The Bertz CT molecular complexity index is 525. The van der Waals surface area contributed by atoms with Crippen LogP contribution < -0.4 is 10.4 Å². The summed E-state index contributed by atoms with van der Waals surface area (Å²) in [6.07, 6.45) is 2.52. The lowest BCUT2D eigenvalue weighted by molar-refractivity contribution is 0.00578. The fourth-order valence-electron chi connectivity index (χ4n) is 2.85. The molecule has 5 heteroatoms. The van der Waals surface area contributed by atoms with Gasteiger partial charge in [-0.3, -0.25) is 0 Å². The number of anilines is 1. The van der Waals surface area contributed by atoms with Gasteiger partial charge in [-0.1, -0.05) is 17.7 Å². The second-order valence-corrected chi connectivity index (χ2v) is 7.40. The van der Waals surface area contributed by atoms with E-state index in [9.17, 15) is 0 Å². The van der Waals surface area contributed by atoms with Crippen molar-refractivity contribution in [1.82, 2.24) is 0 Å². The lowest BCUT2D eigenvalue weighted by Gasteiger charge is -2.32. The Morgan fingerprint density at radius 3 is 2.14 bits per heavy atom. The molecule has 1 aromatic carbocycles. The third-order valence-corrected chi connectivity index (χ3v) is 5.29. The molecule has 0 spiro atoms. The Kier molecular flexibility index (Phi) is 3.75. The van der Waals surface area contributed by atoms with Crippen molar-refractivity contribution in [3.05, 3.63) is 23.2 Å². The summed E-state index contributed by atoms with van der Waals surface area (Å²) in [4.78, 5) is 2.37. The highest BCUT2D eigenvalue weighted by molar-refractivity contribution is 6.65. The van der Waals surface area contributed by atoms with Crippen molar-refractivity contribution in [2.75, 3.05) is 18.0 Å². The molecule has 0 aliphatic carbocycles. The molecule has 2 aliphatic rings. The Morgan fingerprint density at radius 1 is 1.05 bits per heavy atom. The van der Waals surface area contributed by atoms with Gasteiger partial charge in [0.05, 0.1) is 11.2 Å². The van der Waals surface area contributed by atoms with Crippen LogP contribution in [0.1, 0.15) is 40.5 Å². The maximum Gasteiger partial charge on any atom is 0.496 e. The zero-order valence-electron chi connectivity index (χ0n) is 13.3. The first-order chi connectivity index (χ1) is 9.80. The summed E-state index contributed by atoms with van der Waals surface area (Å²) >= 11 is 6.49. The van der Waals surface area contributed by atoms with Crippen molar-refractivity contribution in [1.29, 1.82) is 0 Å². The fraction of sp³-hybridized carbons (Fsp3) is 0.625. The number of nitrogens with zero attached hydrogens (tertiary/aromatic N) is 1. The van der Waals surface area contributed by atoms with Crippen molar-refractivity contribution < 1.29 is 9.31 Å². The van der Waals surface area contributed by atoms with Gasteiger partial charge in [0, 0.05) is 29.3 Å². The summed E-state index contributed by atoms with van der Waals surface area (Å²) in [6, 6.07) is 6.20. The molecule has 3 rings (SSSR count). The fourth-order valence-corrected chi connectivity index (χ4v) is 3.11. The molecule has 2 heterocycles. The van der Waals surface area contributed by atoms with Gasteiger partial charge in [0.1, 0.15) is 0 Å². The predicted molar refractivity (Wildman–Crippen MR) is 88.6 cm³/mol. The van der Waals surface area contributed by atoms with E-state index in [0.29, 0.717) is 0 Å². The minimum atomic E-state index is -0.393. The molecule has 21 heavy (non-hydrogen) atoms. The highest BCUT2D eigenvalue weighted by atomic mass is 35.5. The summed E-state index contributed by atoms with van der Waals surface area (Å²) in [5.41, 5.74) is 1.43. The van der Waals surface area contributed by atoms with E-state index in [1.54, 1.807) is 0 Å². The van der Waals surface area contributed by atoms with Crippen LogP contribution in [-0.2, 0) is 9.31 Å². The summed E-state index contributed by atoms with van der Waals surface area (Å²) in [5, 5.41) is 0.720. The molecular formula is C16H23BClNO2. The van der Waals surface area contributed by atoms with E-state index in [-0.39, 0.29) is 11.2 Å². The van der Waals surface area contributed by atoms with Crippen LogP contribution in [0.4, 0.5) is 5.69 Å². The van der Waals surface area contributed by atoms with E-state index in [1.165, 1.54) is 18.5 Å². The van der Waals surface area contributed by atoms with Crippen LogP contribution in [0.25, 0.3) is 0 Å². The van der Waals surface area contributed by atoms with Crippen LogP contribution in [0.3, 0.4) is 0 Å². The maximum absolute atomic E-state index is 6.49. The number of hydrogen-bond acceptors (Lipinski definition) is 3. The minimum Gasteiger partial charge on any atom is -0.399 e. The second-order valence-electron chi connectivity index (χ2n) is 6.99. The number of benzene rings is 1. The lowest BCUT2D eigenvalue weighted by Crippen LogP contribution is -2.41. The Balaban J connectivity index is 1.84. The number of halogens is 1. The predicted octanol–water partition coefficient (Wildman–Crippen LogP) is 3.24. The molecule has 0 radical (unpaired) electrons. The van der Waals surface area contributed by atoms with E-state index in [0.717, 1.165) is 23.6 Å². The van der Waals surface area contributed by atoms with Crippen molar-refractivity contribution in [2.45, 2.75) is 51.7 Å². The van der Waals surface area contributed by atoms with Gasteiger partial charge in [-0.15, -0.1) is 0 Å². The molecule has 0 bridgehead atoms.